The maximum atomic E-state index is 5.24. The molecule has 17 aromatic rings. The molecule has 0 fully saturated rings. The summed E-state index contributed by atoms with van der Waals surface area (Å²) in [6.07, 6.45) is 34.0. The number of aromatic amines is 1. The Balaban J connectivity index is 0.000000661. The Kier molecular flexibility index (Phi) is 64.2. The van der Waals surface area contributed by atoms with Gasteiger partial charge in [0.25, 0.3) is 0 Å². The third-order valence-corrected chi connectivity index (χ3v) is 16.7. The average molecular weight is 1670 g/mol. The van der Waals surface area contributed by atoms with Crippen molar-refractivity contribution >= 4 is 100.0 Å². The van der Waals surface area contributed by atoms with Gasteiger partial charge in [-0.15, -0.1) is 11.3 Å². The number of aromatic nitrogens is 11. The molecule has 0 bridgehead atoms. The molecule has 0 spiro atoms. The molecule has 18 heteroatoms. The number of benzene rings is 7. The molecule has 0 saturated heterocycles. The quantitative estimate of drug-likeness (QED) is 0.150. The highest BCUT2D eigenvalue weighted by Gasteiger charge is 2.11. The highest BCUT2D eigenvalue weighted by atomic mass is 32.1. The third kappa shape index (κ3) is 40.3. The van der Waals surface area contributed by atoms with Crippen molar-refractivity contribution in [3.05, 3.63) is 350 Å². The Bertz CT molecular complexity index is 4630. The summed E-state index contributed by atoms with van der Waals surface area (Å²) >= 11 is 1.68. The van der Waals surface area contributed by atoms with Crippen LogP contribution in [0.1, 0.15) is 198 Å². The van der Waals surface area contributed by atoms with E-state index < -0.39 is 0 Å². The van der Waals surface area contributed by atoms with Crippen LogP contribution in [0.15, 0.2) is 335 Å². The smallest absolute Gasteiger partial charge is 0.228 e. The van der Waals surface area contributed by atoms with Crippen LogP contribution in [0.5, 0.6) is 5.75 Å². The maximum Gasteiger partial charge on any atom is 0.228 e. The third-order valence-electron chi connectivity index (χ3n) is 15.8. The molecule has 650 valence electrons. The summed E-state index contributed by atoms with van der Waals surface area (Å²) in [4.78, 5) is 40.4. The Labute approximate surface area is 739 Å². The van der Waals surface area contributed by atoms with Gasteiger partial charge in [-0.1, -0.05) is 304 Å². The van der Waals surface area contributed by atoms with Gasteiger partial charge in [0, 0.05) is 84.5 Å². The molecule has 3 aliphatic heterocycles. The van der Waals surface area contributed by atoms with Gasteiger partial charge < -0.3 is 13.6 Å². The lowest BCUT2D eigenvalue weighted by molar-refractivity contribution is 0.355. The summed E-state index contributed by atoms with van der Waals surface area (Å²) in [6.45, 7) is 45.5. The average Bonchev–Trinajstić information content (AvgIpc) is 1.62. The first-order valence-corrected chi connectivity index (χ1v) is 44.8. The summed E-state index contributed by atoms with van der Waals surface area (Å²) in [5.41, 5.74) is 18.8. The standard InChI is InChI=1S/2C9H7N.C9H8.C8H9N.C8H7N.C7H6N2.C7H7NO.C7H5NO.C7H5NS.C6H5N3.C6H4N2O.11C2H6/c1-2-6-9-8(4-1)5-3-7-10-9;1-2-4-9-7-10-6-5-8(9)3-1;1-2-5-9-7-3-6-8(9)4-1;1-3-7-4-2-6-9-8(7)5-1;1-2-4-8-7(3-1)5-6-9-8;1-2-4-7-6(3-1)5-8-9-7;1-3-8-5-7-6(1)2-4-9-7;2*1-2-4-7-6(3-1)8-5-9-7;1-2-5-6(7-3-1)4-8-9-5;1-2-9-6-5(1)3-7-4-8-6;11*1-2/h2*1-7H;1-6H,7H2;2,4,6H,1,3,5H2;1-4,6H,5H2;1-5H,(H,8,9);1,3,5H,2,4H2;2*1-5H;1-3H,4H2;1-4H;11*1-2H3. The molecule has 5 aliphatic rings. The van der Waals surface area contributed by atoms with Gasteiger partial charge in [-0.25, -0.2) is 19.9 Å². The number of aliphatic imine (C=N–C) groups is 1. The summed E-state index contributed by atoms with van der Waals surface area (Å²) in [6, 6.07) is 74.6. The summed E-state index contributed by atoms with van der Waals surface area (Å²) < 4.78 is 16.5. The van der Waals surface area contributed by atoms with Gasteiger partial charge in [-0.05, 0) is 144 Å². The summed E-state index contributed by atoms with van der Waals surface area (Å²) in [7, 11) is 0. The van der Waals surface area contributed by atoms with Crippen molar-refractivity contribution in [3.63, 3.8) is 0 Å². The van der Waals surface area contributed by atoms with Crippen LogP contribution in [0.2, 0.25) is 0 Å². The van der Waals surface area contributed by atoms with Crippen molar-refractivity contribution in [1.82, 2.24) is 55.1 Å². The SMILES string of the molecule is C1=Cc2ccccc2C1.C1=Nc2ccccc2C1.CC.CC.CC.CC.CC.CC.CC.CC.CC.CC.CC.c1cc2c(cn1)OCC2.c1ccc2[nH]ncc2c1.c1ccc2cnccc2c1.c1ccc2ncccc2c1.c1ccc2ocnc2c1.c1ccc2scnc2c1.c1cnc2c(c1)CCC2.c1cnc2c(c1)N=NC2.c1ncc2ccoc2n1. The van der Waals surface area contributed by atoms with E-state index in [2.05, 4.69) is 149 Å². The maximum absolute atomic E-state index is 5.24. The minimum Gasteiger partial charge on any atom is -0.491 e. The normalized spacial score (nSPS) is 10.4. The van der Waals surface area contributed by atoms with Gasteiger partial charge in [-0.3, -0.25) is 35.0 Å². The number of rotatable bonds is 0. The predicted molar refractivity (Wildman–Crippen MR) is 529 cm³/mol. The van der Waals surface area contributed by atoms with Crippen LogP contribution >= 0.6 is 11.3 Å². The first kappa shape index (κ1) is 108. The molecule has 0 saturated carbocycles. The van der Waals surface area contributed by atoms with Crippen LogP contribution < -0.4 is 4.74 Å². The number of oxazole rings is 1. The number of hydrogen-bond acceptors (Lipinski definition) is 17. The number of nitrogens with zero attached hydrogens (tertiary/aromatic N) is 13. The zero-order chi connectivity index (χ0) is 90.6. The molecule has 123 heavy (non-hydrogen) atoms. The van der Waals surface area contributed by atoms with Crippen molar-refractivity contribution in [2.24, 2.45) is 15.2 Å². The van der Waals surface area contributed by atoms with Gasteiger partial charge in [-0.2, -0.15) is 15.3 Å². The monoisotopic (exact) mass is 1670 g/mol. The van der Waals surface area contributed by atoms with Crippen LogP contribution in [0.4, 0.5) is 11.4 Å². The number of para-hydroxylation sites is 6. The predicted octanol–water partition coefficient (Wildman–Crippen LogP) is 31.1. The van der Waals surface area contributed by atoms with E-state index >= 15 is 0 Å². The van der Waals surface area contributed by atoms with E-state index in [0.29, 0.717) is 12.3 Å². The van der Waals surface area contributed by atoms with E-state index in [9.17, 15) is 0 Å². The molecule has 10 aromatic heterocycles. The Morgan fingerprint density at radius 3 is 1.63 bits per heavy atom. The van der Waals surface area contributed by atoms with Crippen molar-refractivity contribution in [1.29, 1.82) is 0 Å². The van der Waals surface area contributed by atoms with Gasteiger partial charge in [0.05, 0.1) is 68.8 Å². The number of thiazole rings is 1. The second-order valence-electron chi connectivity index (χ2n) is 22.6. The lowest BCUT2D eigenvalue weighted by Gasteiger charge is -1.93. The van der Waals surface area contributed by atoms with Gasteiger partial charge >= 0.3 is 0 Å². The fraction of sp³-hybridized carbons (Fsp3) is 0.286. The number of furan rings is 1. The second kappa shape index (κ2) is 73.0. The molecular weight excluding hydrogens is 1540 g/mol. The number of allylic oxidation sites excluding steroid dienone is 1. The molecular formula is C105H136N14O3S. The number of azo groups is 1. The van der Waals surface area contributed by atoms with E-state index in [1.54, 1.807) is 42.4 Å². The number of H-pyrrole nitrogens is 1. The highest BCUT2D eigenvalue weighted by molar-refractivity contribution is 7.16. The van der Waals surface area contributed by atoms with Crippen LogP contribution in [-0.2, 0) is 38.6 Å². The molecule has 7 aromatic carbocycles. The number of nitrogens with one attached hydrogen (secondary N) is 1. The van der Waals surface area contributed by atoms with Gasteiger partial charge in [0.15, 0.2) is 12.0 Å². The van der Waals surface area contributed by atoms with E-state index in [1.165, 1.54) is 86.4 Å². The molecule has 0 unspecified atom stereocenters. The highest BCUT2D eigenvalue weighted by Crippen LogP contribution is 2.26. The van der Waals surface area contributed by atoms with E-state index in [1.807, 2.05) is 353 Å². The zero-order valence-corrected chi connectivity index (χ0v) is 78.0. The minimum absolute atomic E-state index is 0.644. The number of aryl methyl sites for hydroxylation is 2. The largest absolute Gasteiger partial charge is 0.491 e. The van der Waals surface area contributed by atoms with Crippen molar-refractivity contribution in [2.45, 2.75) is 197 Å². The van der Waals surface area contributed by atoms with Crippen LogP contribution in [0.25, 0.3) is 71.1 Å². The molecule has 0 radical (unpaired) electrons. The number of ether oxygens (including phenoxy) is 1. The zero-order valence-electron chi connectivity index (χ0n) is 77.2. The molecule has 22 rings (SSSR count). The van der Waals surface area contributed by atoms with E-state index in [4.69, 9.17) is 13.6 Å². The Morgan fingerprint density at radius 2 is 0.951 bits per heavy atom. The topological polar surface area (TPSA) is 217 Å². The van der Waals surface area contributed by atoms with Crippen LogP contribution in [0.3, 0.4) is 0 Å². The number of hydrogen-bond donors (Lipinski definition) is 1. The van der Waals surface area contributed by atoms with E-state index in [0.717, 1.165) is 87.1 Å². The van der Waals surface area contributed by atoms with Gasteiger partial charge in [0.1, 0.15) is 29.8 Å². The number of fused-ring (bicyclic) bond motifs is 11. The molecule has 17 nitrogen and oxygen atoms in total. The summed E-state index contributed by atoms with van der Waals surface area (Å²) in [5.74, 6) is 0.956. The first-order valence-electron chi connectivity index (χ1n) is 43.9. The van der Waals surface area contributed by atoms with E-state index in [-0.39, 0.29) is 0 Å². The fourth-order valence-corrected chi connectivity index (χ4v) is 11.4. The Hall–Kier alpha value is -12.9. The molecule has 13 heterocycles. The van der Waals surface area contributed by atoms with Crippen molar-refractivity contribution in [2.75, 3.05) is 6.61 Å². The summed E-state index contributed by atoms with van der Waals surface area (Å²) in [5, 5.41) is 20.2. The molecule has 1 N–H and O–H groups in total. The van der Waals surface area contributed by atoms with Crippen LogP contribution in [-0.4, -0.2) is 67.9 Å². The second-order valence-corrected chi connectivity index (χ2v) is 23.5. The number of pyridine rings is 5. The Morgan fingerprint density at radius 1 is 0.374 bits per heavy atom. The van der Waals surface area contributed by atoms with Crippen molar-refractivity contribution < 1.29 is 13.6 Å². The fourth-order valence-electron chi connectivity index (χ4n) is 10.7. The molecule has 0 atom stereocenters. The first-order chi connectivity index (χ1) is 61.1. The lowest BCUT2D eigenvalue weighted by atomic mass is 10.1. The van der Waals surface area contributed by atoms with Gasteiger partial charge in [0.2, 0.25) is 5.71 Å². The van der Waals surface area contributed by atoms with Crippen LogP contribution in [0, 0.1) is 0 Å². The minimum atomic E-state index is 0.644. The van der Waals surface area contributed by atoms with Crippen molar-refractivity contribution in [3.8, 4) is 5.75 Å². The lowest BCUT2D eigenvalue weighted by Crippen LogP contribution is -1.85. The molecule has 2 aliphatic carbocycles. The molecule has 0 amide bonds.